The Morgan fingerprint density at radius 1 is 1.21 bits per heavy atom. The zero-order valence-corrected chi connectivity index (χ0v) is 14.2. The molecule has 1 amide bonds. The molecule has 0 saturated heterocycles. The summed E-state index contributed by atoms with van der Waals surface area (Å²) in [4.78, 5) is 23.2. The van der Waals surface area contributed by atoms with Crippen LogP contribution in [-0.4, -0.2) is 40.6 Å². The second-order valence-electron chi connectivity index (χ2n) is 7.12. The molecule has 1 N–H and O–H groups in total. The van der Waals surface area contributed by atoms with Crippen LogP contribution in [0.3, 0.4) is 0 Å². The Morgan fingerprint density at radius 2 is 1.92 bits per heavy atom. The van der Waals surface area contributed by atoms with Crippen molar-refractivity contribution in [1.29, 1.82) is 0 Å². The quantitative estimate of drug-likeness (QED) is 0.885. The predicted octanol–water partition coefficient (Wildman–Crippen LogP) is 2.31. The van der Waals surface area contributed by atoms with Gasteiger partial charge in [0.05, 0.1) is 0 Å². The maximum Gasteiger partial charge on any atom is 0.268 e. The van der Waals surface area contributed by atoms with Crippen molar-refractivity contribution >= 4 is 11.9 Å². The summed E-state index contributed by atoms with van der Waals surface area (Å²) in [5.74, 6) is 1.43. The van der Waals surface area contributed by atoms with Gasteiger partial charge in [0.25, 0.3) is 5.91 Å². The predicted molar refractivity (Wildman–Crippen MR) is 93.0 cm³/mol. The van der Waals surface area contributed by atoms with Crippen LogP contribution in [-0.2, 0) is 6.54 Å². The van der Waals surface area contributed by atoms with Gasteiger partial charge in [0.2, 0.25) is 5.95 Å². The van der Waals surface area contributed by atoms with E-state index in [-0.39, 0.29) is 5.91 Å². The second kappa shape index (κ2) is 5.92. The highest BCUT2D eigenvalue weighted by Gasteiger charge is 2.28. The summed E-state index contributed by atoms with van der Waals surface area (Å²) < 4.78 is 2.10. The first kappa shape index (κ1) is 15.2. The minimum atomic E-state index is 0.0373. The minimum absolute atomic E-state index is 0.0373. The molecule has 2 aliphatic rings. The summed E-state index contributed by atoms with van der Waals surface area (Å²) in [5, 5.41) is 3.10. The third kappa shape index (κ3) is 3.27. The van der Waals surface area contributed by atoms with Gasteiger partial charge in [-0.25, -0.2) is 9.97 Å². The molecule has 2 heterocycles. The highest BCUT2D eigenvalue weighted by atomic mass is 16.2. The van der Waals surface area contributed by atoms with Crippen LogP contribution in [0.5, 0.6) is 0 Å². The van der Waals surface area contributed by atoms with Crippen molar-refractivity contribution in [2.75, 3.05) is 19.0 Å². The Bertz CT molecular complexity index is 741. The molecule has 2 aromatic rings. The van der Waals surface area contributed by atoms with Gasteiger partial charge in [0.15, 0.2) is 0 Å². The van der Waals surface area contributed by atoms with E-state index in [4.69, 9.17) is 0 Å². The third-order valence-electron chi connectivity index (χ3n) is 4.57. The van der Waals surface area contributed by atoms with Gasteiger partial charge in [-0.2, -0.15) is 0 Å². The number of carbonyl (C=O) groups is 1. The normalized spacial score (nSPS) is 16.9. The molecule has 2 aromatic heterocycles. The molecule has 24 heavy (non-hydrogen) atoms. The number of amides is 1. The van der Waals surface area contributed by atoms with Crippen LogP contribution in [0.25, 0.3) is 11.1 Å². The first-order chi connectivity index (χ1) is 11.6. The smallest absolute Gasteiger partial charge is 0.268 e. The molecule has 0 unspecified atom stereocenters. The first-order valence-corrected chi connectivity index (χ1v) is 8.61. The molecule has 0 aromatic carbocycles. The van der Waals surface area contributed by atoms with Crippen LogP contribution < -0.4 is 10.2 Å². The lowest BCUT2D eigenvalue weighted by atomic mass is 10.2. The Morgan fingerprint density at radius 3 is 2.50 bits per heavy atom. The summed E-state index contributed by atoms with van der Waals surface area (Å²) in [6.07, 6.45) is 10.4. The lowest BCUT2D eigenvalue weighted by molar-refractivity contribution is 0.0941. The van der Waals surface area contributed by atoms with E-state index in [1.165, 1.54) is 12.8 Å². The zero-order valence-electron chi connectivity index (χ0n) is 14.2. The fourth-order valence-electron chi connectivity index (χ4n) is 2.78. The van der Waals surface area contributed by atoms with Gasteiger partial charge in [0.1, 0.15) is 5.69 Å². The largest absolute Gasteiger partial charge is 0.348 e. The lowest BCUT2D eigenvalue weighted by Crippen LogP contribution is -2.27. The average Bonchev–Trinajstić information content (AvgIpc) is 3.48. The van der Waals surface area contributed by atoms with E-state index in [1.807, 2.05) is 37.5 Å². The molecule has 126 valence electrons. The molecule has 2 saturated carbocycles. The average molecular weight is 325 g/mol. The van der Waals surface area contributed by atoms with Gasteiger partial charge in [-0.15, -0.1) is 0 Å². The van der Waals surface area contributed by atoms with Crippen molar-refractivity contribution in [1.82, 2.24) is 19.9 Å². The van der Waals surface area contributed by atoms with Crippen LogP contribution in [0.15, 0.2) is 24.7 Å². The maximum atomic E-state index is 12.5. The van der Waals surface area contributed by atoms with Crippen molar-refractivity contribution in [3.8, 4) is 11.1 Å². The number of anilines is 1. The standard InChI is InChI=1S/C18H23N5O/c1-22(2)18-19-8-14(9-20-18)13-7-16(17(24)21-15-5-6-15)23(11-13)10-12-3-4-12/h7-9,11-12,15H,3-6,10H2,1-2H3,(H,21,24). The van der Waals surface area contributed by atoms with Gasteiger partial charge in [-0.1, -0.05) is 0 Å². The van der Waals surface area contributed by atoms with Crippen LogP contribution in [0.4, 0.5) is 5.95 Å². The second-order valence-corrected chi connectivity index (χ2v) is 7.12. The molecule has 0 spiro atoms. The number of hydrogen-bond donors (Lipinski definition) is 1. The molecule has 0 bridgehead atoms. The highest BCUT2D eigenvalue weighted by molar-refractivity contribution is 5.94. The van der Waals surface area contributed by atoms with Crippen LogP contribution in [0.1, 0.15) is 36.2 Å². The molecule has 4 rings (SSSR count). The Kier molecular flexibility index (Phi) is 3.75. The molecule has 2 fully saturated rings. The monoisotopic (exact) mass is 325 g/mol. The van der Waals surface area contributed by atoms with Crippen LogP contribution in [0, 0.1) is 5.92 Å². The maximum absolute atomic E-state index is 12.5. The van der Waals surface area contributed by atoms with Crippen molar-refractivity contribution in [2.45, 2.75) is 38.3 Å². The number of hydrogen-bond acceptors (Lipinski definition) is 4. The van der Waals surface area contributed by atoms with Crippen LogP contribution in [0.2, 0.25) is 0 Å². The molecule has 0 radical (unpaired) electrons. The Labute approximate surface area is 141 Å². The summed E-state index contributed by atoms with van der Waals surface area (Å²) in [7, 11) is 3.84. The third-order valence-corrected chi connectivity index (χ3v) is 4.57. The zero-order chi connectivity index (χ0) is 16.7. The molecular formula is C18H23N5O. The van der Waals surface area contributed by atoms with E-state index < -0.39 is 0 Å². The number of nitrogens with one attached hydrogen (secondary N) is 1. The van der Waals surface area contributed by atoms with Gasteiger partial charge in [-0.05, 0) is 37.7 Å². The van der Waals surface area contributed by atoms with E-state index in [0.29, 0.717) is 17.9 Å². The summed E-state index contributed by atoms with van der Waals surface area (Å²) in [6, 6.07) is 2.33. The van der Waals surface area contributed by atoms with Crippen molar-refractivity contribution in [3.63, 3.8) is 0 Å². The van der Waals surface area contributed by atoms with Crippen molar-refractivity contribution < 1.29 is 4.79 Å². The van der Waals surface area contributed by atoms with Gasteiger partial charge in [-0.3, -0.25) is 4.79 Å². The number of rotatable bonds is 6. The van der Waals surface area contributed by atoms with E-state index in [1.54, 1.807) is 0 Å². The van der Waals surface area contributed by atoms with E-state index in [0.717, 1.165) is 36.2 Å². The minimum Gasteiger partial charge on any atom is -0.348 e. The number of aromatic nitrogens is 3. The number of nitrogens with zero attached hydrogens (tertiary/aromatic N) is 4. The number of carbonyl (C=O) groups excluding carboxylic acids is 1. The lowest BCUT2D eigenvalue weighted by Gasteiger charge is -2.09. The molecule has 0 aliphatic heterocycles. The first-order valence-electron chi connectivity index (χ1n) is 8.61. The van der Waals surface area contributed by atoms with Gasteiger partial charge in [0, 0.05) is 56.4 Å². The summed E-state index contributed by atoms with van der Waals surface area (Å²) in [5.41, 5.74) is 2.69. The topological polar surface area (TPSA) is 63.1 Å². The molecule has 0 atom stereocenters. The van der Waals surface area contributed by atoms with Crippen LogP contribution >= 0.6 is 0 Å². The molecule has 6 heteroatoms. The van der Waals surface area contributed by atoms with E-state index in [2.05, 4.69) is 26.0 Å². The van der Waals surface area contributed by atoms with E-state index >= 15 is 0 Å². The van der Waals surface area contributed by atoms with Gasteiger partial charge >= 0.3 is 0 Å². The summed E-state index contributed by atoms with van der Waals surface area (Å²) in [6.45, 7) is 0.921. The molecule has 2 aliphatic carbocycles. The summed E-state index contributed by atoms with van der Waals surface area (Å²) >= 11 is 0. The fourth-order valence-corrected chi connectivity index (χ4v) is 2.78. The van der Waals surface area contributed by atoms with E-state index in [9.17, 15) is 4.79 Å². The van der Waals surface area contributed by atoms with Crippen molar-refractivity contribution in [2.24, 2.45) is 5.92 Å². The highest BCUT2D eigenvalue weighted by Crippen LogP contribution is 2.32. The fraction of sp³-hybridized carbons (Fsp3) is 0.500. The Hall–Kier alpha value is -2.37. The Balaban J connectivity index is 1.62. The van der Waals surface area contributed by atoms with Gasteiger partial charge < -0.3 is 14.8 Å². The SMILES string of the molecule is CN(C)c1ncc(-c2cc(C(=O)NC3CC3)n(CC3CC3)c2)cn1. The molecule has 6 nitrogen and oxygen atoms in total. The molecular weight excluding hydrogens is 302 g/mol. The van der Waals surface area contributed by atoms with Crippen molar-refractivity contribution in [3.05, 3.63) is 30.4 Å².